The van der Waals surface area contributed by atoms with Gasteiger partial charge in [-0.1, -0.05) is 13.8 Å². The van der Waals surface area contributed by atoms with Crippen LogP contribution in [-0.2, 0) is 6.54 Å². The topological polar surface area (TPSA) is 29.9 Å². The van der Waals surface area contributed by atoms with E-state index in [1.165, 1.54) is 16.6 Å². The van der Waals surface area contributed by atoms with Crippen LogP contribution in [0.15, 0.2) is 18.5 Å². The third kappa shape index (κ3) is 4.07. The number of nitrogens with zero attached hydrogens (tertiary/aromatic N) is 2. The van der Waals surface area contributed by atoms with Crippen LogP contribution in [0.1, 0.15) is 45.7 Å². The van der Waals surface area contributed by atoms with Crippen molar-refractivity contribution in [1.82, 2.24) is 14.9 Å². The Bertz CT molecular complexity index is 630. The molecule has 1 aromatic carbocycles. The van der Waals surface area contributed by atoms with Gasteiger partial charge in [0, 0.05) is 18.6 Å². The highest BCUT2D eigenvalue weighted by molar-refractivity contribution is 5.77. The van der Waals surface area contributed by atoms with E-state index in [9.17, 15) is 0 Å². The van der Waals surface area contributed by atoms with Crippen LogP contribution in [0.2, 0.25) is 0 Å². The average Bonchev–Trinajstić information content (AvgIpc) is 2.69. The maximum absolute atomic E-state index is 4.56. The van der Waals surface area contributed by atoms with E-state index >= 15 is 0 Å². The summed E-state index contributed by atoms with van der Waals surface area (Å²) < 4.78 is 2.28. The third-order valence-electron chi connectivity index (χ3n) is 3.93. The minimum absolute atomic E-state index is 0.155. The normalized spacial score (nSPS) is 13.1. The van der Waals surface area contributed by atoms with Crippen LogP contribution >= 0.6 is 0 Å². The zero-order valence-electron chi connectivity index (χ0n) is 14.5. The van der Waals surface area contributed by atoms with Gasteiger partial charge in [-0.05, 0) is 63.3 Å². The summed E-state index contributed by atoms with van der Waals surface area (Å²) in [5, 5.41) is 3.61. The summed E-state index contributed by atoms with van der Waals surface area (Å²) in [5.74, 6) is 0. The summed E-state index contributed by atoms with van der Waals surface area (Å²) in [5.41, 5.74) is 5.30. The van der Waals surface area contributed by atoms with Crippen molar-refractivity contribution in [3.05, 3.63) is 29.6 Å². The summed E-state index contributed by atoms with van der Waals surface area (Å²) >= 11 is 0. The van der Waals surface area contributed by atoms with Crippen molar-refractivity contribution >= 4 is 11.0 Å². The van der Waals surface area contributed by atoms with Crippen molar-refractivity contribution in [2.24, 2.45) is 5.41 Å². The molecule has 0 atom stereocenters. The molecule has 116 valence electrons. The van der Waals surface area contributed by atoms with Gasteiger partial charge in [0.2, 0.25) is 0 Å². The summed E-state index contributed by atoms with van der Waals surface area (Å²) in [7, 11) is 0. The summed E-state index contributed by atoms with van der Waals surface area (Å²) in [4.78, 5) is 4.56. The largest absolute Gasteiger partial charge is 0.330 e. The van der Waals surface area contributed by atoms with Gasteiger partial charge in [0.05, 0.1) is 17.4 Å². The lowest BCUT2D eigenvalue weighted by Crippen LogP contribution is -2.43. The van der Waals surface area contributed by atoms with Gasteiger partial charge < -0.3 is 9.88 Å². The average molecular weight is 287 g/mol. The molecule has 21 heavy (non-hydrogen) atoms. The molecule has 1 N–H and O–H groups in total. The van der Waals surface area contributed by atoms with Crippen molar-refractivity contribution in [2.75, 3.05) is 6.54 Å². The molecule has 3 nitrogen and oxygen atoms in total. The second-order valence-electron chi connectivity index (χ2n) is 8.07. The zero-order valence-corrected chi connectivity index (χ0v) is 14.5. The molecule has 3 heteroatoms. The van der Waals surface area contributed by atoms with Gasteiger partial charge in [-0.15, -0.1) is 0 Å². The van der Waals surface area contributed by atoms with Crippen LogP contribution in [-0.4, -0.2) is 21.6 Å². The van der Waals surface area contributed by atoms with E-state index in [1.807, 2.05) is 6.33 Å². The predicted molar refractivity (Wildman–Crippen MR) is 90.7 cm³/mol. The van der Waals surface area contributed by atoms with Crippen LogP contribution in [0.3, 0.4) is 0 Å². The van der Waals surface area contributed by atoms with Crippen LogP contribution in [0.25, 0.3) is 11.0 Å². The van der Waals surface area contributed by atoms with E-state index < -0.39 is 0 Å². The van der Waals surface area contributed by atoms with Crippen LogP contribution in [0.5, 0.6) is 0 Å². The first kappa shape index (κ1) is 16.0. The fraction of sp³-hybridized carbons (Fsp3) is 0.611. The minimum Gasteiger partial charge on any atom is -0.330 e. The first-order chi connectivity index (χ1) is 9.57. The van der Waals surface area contributed by atoms with Gasteiger partial charge >= 0.3 is 0 Å². The maximum atomic E-state index is 4.56. The van der Waals surface area contributed by atoms with E-state index in [-0.39, 0.29) is 11.0 Å². The van der Waals surface area contributed by atoms with Gasteiger partial charge in [-0.2, -0.15) is 0 Å². The lowest BCUT2D eigenvalue weighted by Gasteiger charge is -2.31. The smallest absolute Gasteiger partial charge is 0.0958 e. The Labute approximate surface area is 128 Å². The van der Waals surface area contributed by atoms with Gasteiger partial charge in [-0.3, -0.25) is 0 Å². The second-order valence-corrected chi connectivity index (χ2v) is 8.07. The highest BCUT2D eigenvalue weighted by Crippen LogP contribution is 2.24. The van der Waals surface area contributed by atoms with Crippen LogP contribution in [0, 0.1) is 19.3 Å². The Hall–Kier alpha value is -1.35. The highest BCUT2D eigenvalue weighted by Gasteiger charge is 2.22. The van der Waals surface area contributed by atoms with Crippen molar-refractivity contribution in [3.8, 4) is 0 Å². The quantitative estimate of drug-likeness (QED) is 0.918. The molecular formula is C18H29N3. The number of hydrogen-bond donors (Lipinski definition) is 1. The van der Waals surface area contributed by atoms with Gasteiger partial charge in [0.1, 0.15) is 0 Å². The minimum atomic E-state index is 0.155. The molecular weight excluding hydrogens is 258 g/mol. The van der Waals surface area contributed by atoms with E-state index in [0.717, 1.165) is 18.6 Å². The number of fused-ring (bicyclic) bond motifs is 1. The molecule has 2 rings (SSSR count). The Morgan fingerprint density at radius 1 is 1.05 bits per heavy atom. The van der Waals surface area contributed by atoms with E-state index in [4.69, 9.17) is 0 Å². The van der Waals surface area contributed by atoms with Crippen molar-refractivity contribution in [3.63, 3.8) is 0 Å². The molecule has 0 bridgehead atoms. The number of aromatic nitrogens is 2. The molecule has 0 radical (unpaired) electrons. The molecule has 1 aromatic heterocycles. The number of aryl methyl sites for hydroxylation is 2. The zero-order chi connectivity index (χ0) is 15.8. The molecule has 0 amide bonds. The van der Waals surface area contributed by atoms with Crippen molar-refractivity contribution < 1.29 is 0 Å². The standard InChI is InChI=1S/C18H29N3/c1-13-8-15-16(9-14(13)2)21(12-19-15)11-18(6,7)10-20-17(3,4)5/h8-9,12,20H,10-11H2,1-7H3. The first-order valence-corrected chi connectivity index (χ1v) is 7.75. The van der Waals surface area contributed by atoms with E-state index in [0.29, 0.717) is 0 Å². The molecule has 0 aliphatic rings. The fourth-order valence-corrected chi connectivity index (χ4v) is 2.46. The molecule has 0 aliphatic heterocycles. The van der Waals surface area contributed by atoms with Crippen molar-refractivity contribution in [2.45, 2.75) is 60.5 Å². The Morgan fingerprint density at radius 2 is 1.67 bits per heavy atom. The van der Waals surface area contributed by atoms with E-state index in [1.54, 1.807) is 0 Å². The molecule has 0 saturated carbocycles. The first-order valence-electron chi connectivity index (χ1n) is 7.75. The number of rotatable bonds is 4. The lowest BCUT2D eigenvalue weighted by atomic mass is 9.91. The molecule has 0 spiro atoms. The third-order valence-corrected chi connectivity index (χ3v) is 3.93. The molecule has 2 aromatic rings. The number of imidazole rings is 1. The Balaban J connectivity index is 2.21. The molecule has 0 fully saturated rings. The molecule has 1 heterocycles. The fourth-order valence-electron chi connectivity index (χ4n) is 2.46. The molecule has 0 saturated heterocycles. The lowest BCUT2D eigenvalue weighted by molar-refractivity contribution is 0.258. The number of benzene rings is 1. The van der Waals surface area contributed by atoms with Gasteiger partial charge in [-0.25, -0.2) is 4.98 Å². The SMILES string of the molecule is Cc1cc2ncn(CC(C)(C)CNC(C)(C)C)c2cc1C. The van der Waals surface area contributed by atoms with Gasteiger partial charge in [0.15, 0.2) is 0 Å². The molecule has 0 unspecified atom stereocenters. The molecule has 0 aliphatic carbocycles. The highest BCUT2D eigenvalue weighted by atomic mass is 15.1. The number of nitrogens with one attached hydrogen (secondary N) is 1. The Morgan fingerprint density at radius 3 is 2.29 bits per heavy atom. The number of hydrogen-bond acceptors (Lipinski definition) is 2. The maximum Gasteiger partial charge on any atom is 0.0958 e. The Kier molecular flexibility index (Phi) is 4.16. The van der Waals surface area contributed by atoms with E-state index in [2.05, 4.69) is 75.5 Å². The summed E-state index contributed by atoms with van der Waals surface area (Å²) in [6, 6.07) is 4.44. The van der Waals surface area contributed by atoms with Crippen molar-refractivity contribution in [1.29, 1.82) is 0 Å². The monoisotopic (exact) mass is 287 g/mol. The second kappa shape index (κ2) is 5.45. The summed E-state index contributed by atoms with van der Waals surface area (Å²) in [6.07, 6.45) is 1.97. The predicted octanol–water partition coefficient (Wildman–Crippen LogP) is 4.07. The van der Waals surface area contributed by atoms with Gasteiger partial charge in [0.25, 0.3) is 0 Å². The summed E-state index contributed by atoms with van der Waals surface area (Å²) in [6.45, 7) is 17.5. The van der Waals surface area contributed by atoms with Crippen LogP contribution in [0.4, 0.5) is 0 Å². The van der Waals surface area contributed by atoms with Crippen LogP contribution < -0.4 is 5.32 Å².